The van der Waals surface area contributed by atoms with Crippen LogP contribution in [0, 0.1) is 0 Å². The van der Waals surface area contributed by atoms with Gasteiger partial charge in [0, 0.05) is 31.6 Å². The van der Waals surface area contributed by atoms with Gasteiger partial charge in [-0.25, -0.2) is 4.98 Å². The summed E-state index contributed by atoms with van der Waals surface area (Å²) in [5.41, 5.74) is 6.91. The summed E-state index contributed by atoms with van der Waals surface area (Å²) < 4.78 is 4.99. The van der Waals surface area contributed by atoms with E-state index in [0.717, 1.165) is 31.6 Å². The lowest BCUT2D eigenvalue weighted by molar-refractivity contribution is 0.195. The lowest BCUT2D eigenvalue weighted by Crippen LogP contribution is -2.09. The van der Waals surface area contributed by atoms with Crippen LogP contribution in [0.15, 0.2) is 5.38 Å². The highest BCUT2D eigenvalue weighted by molar-refractivity contribution is 7.09. The van der Waals surface area contributed by atoms with Gasteiger partial charge in [0.25, 0.3) is 0 Å². The molecule has 1 rings (SSSR count). The molecule has 0 spiro atoms. The third-order valence-corrected chi connectivity index (χ3v) is 3.06. The lowest BCUT2D eigenvalue weighted by atomic mass is 10.2. The molecule has 80 valence electrons. The van der Waals surface area contributed by atoms with E-state index in [-0.39, 0.29) is 6.04 Å². The average Bonchev–Trinajstić information content (AvgIpc) is 2.66. The van der Waals surface area contributed by atoms with Gasteiger partial charge in [0.05, 0.1) is 10.7 Å². The normalized spacial score (nSPS) is 13.1. The summed E-state index contributed by atoms with van der Waals surface area (Å²) in [7, 11) is 1.72. The zero-order valence-corrected chi connectivity index (χ0v) is 9.64. The highest BCUT2D eigenvalue weighted by Gasteiger charge is 2.07. The van der Waals surface area contributed by atoms with E-state index in [9.17, 15) is 0 Å². The monoisotopic (exact) mass is 214 g/mol. The molecule has 0 aliphatic rings. The average molecular weight is 214 g/mol. The Labute approximate surface area is 89.3 Å². The highest BCUT2D eigenvalue weighted by atomic mass is 32.1. The van der Waals surface area contributed by atoms with E-state index in [0.29, 0.717) is 0 Å². The van der Waals surface area contributed by atoms with Crippen LogP contribution in [0.4, 0.5) is 0 Å². The Morgan fingerprint density at radius 2 is 2.43 bits per heavy atom. The summed E-state index contributed by atoms with van der Waals surface area (Å²) in [5, 5.41) is 3.23. The number of thiazole rings is 1. The number of methoxy groups -OCH3 is 1. The van der Waals surface area contributed by atoms with Gasteiger partial charge in [0.1, 0.15) is 0 Å². The van der Waals surface area contributed by atoms with Crippen LogP contribution >= 0.6 is 11.3 Å². The summed E-state index contributed by atoms with van der Waals surface area (Å²) in [5.74, 6) is 0. The van der Waals surface area contributed by atoms with Crippen molar-refractivity contribution in [3.05, 3.63) is 16.1 Å². The van der Waals surface area contributed by atoms with Crippen LogP contribution in [0.1, 0.15) is 36.5 Å². The quantitative estimate of drug-likeness (QED) is 0.738. The number of ether oxygens (including phenoxy) is 1. The van der Waals surface area contributed by atoms with Crippen LogP contribution in [0.25, 0.3) is 0 Å². The van der Waals surface area contributed by atoms with E-state index in [1.165, 1.54) is 5.01 Å². The highest BCUT2D eigenvalue weighted by Crippen LogP contribution is 2.18. The van der Waals surface area contributed by atoms with Gasteiger partial charge < -0.3 is 10.5 Å². The van der Waals surface area contributed by atoms with Gasteiger partial charge in [-0.15, -0.1) is 11.3 Å². The molecular weight excluding hydrogens is 196 g/mol. The van der Waals surface area contributed by atoms with Crippen LogP contribution in [0.2, 0.25) is 0 Å². The molecule has 2 N–H and O–H groups in total. The van der Waals surface area contributed by atoms with Gasteiger partial charge >= 0.3 is 0 Å². The van der Waals surface area contributed by atoms with Crippen molar-refractivity contribution < 1.29 is 4.74 Å². The summed E-state index contributed by atoms with van der Waals surface area (Å²) >= 11 is 1.70. The van der Waals surface area contributed by atoms with Crippen LogP contribution in [-0.4, -0.2) is 18.7 Å². The molecule has 1 aromatic rings. The van der Waals surface area contributed by atoms with E-state index < -0.39 is 0 Å². The fourth-order valence-corrected chi connectivity index (χ4v) is 2.09. The Hall–Kier alpha value is -0.450. The summed E-state index contributed by atoms with van der Waals surface area (Å²) in [4.78, 5) is 4.49. The number of hydrogen-bond donors (Lipinski definition) is 1. The molecule has 1 atom stereocenters. The summed E-state index contributed by atoms with van der Waals surface area (Å²) in [6, 6.07) is 0.0995. The molecule has 0 fully saturated rings. The minimum atomic E-state index is 0.0995. The van der Waals surface area contributed by atoms with Gasteiger partial charge in [-0.05, 0) is 12.8 Å². The first-order chi connectivity index (χ1) is 6.77. The van der Waals surface area contributed by atoms with Gasteiger partial charge in [0.2, 0.25) is 0 Å². The van der Waals surface area contributed by atoms with Crippen LogP contribution < -0.4 is 5.73 Å². The number of aromatic nitrogens is 1. The first kappa shape index (κ1) is 11.6. The number of nitrogens with zero attached hydrogens (tertiary/aromatic N) is 1. The zero-order valence-electron chi connectivity index (χ0n) is 8.82. The number of rotatable bonds is 6. The van der Waals surface area contributed by atoms with E-state index in [4.69, 9.17) is 10.5 Å². The van der Waals surface area contributed by atoms with Crippen molar-refractivity contribution in [1.82, 2.24) is 4.98 Å². The van der Waals surface area contributed by atoms with E-state index in [1.807, 2.05) is 0 Å². The van der Waals surface area contributed by atoms with Crippen molar-refractivity contribution in [1.29, 1.82) is 0 Å². The van der Waals surface area contributed by atoms with Crippen molar-refractivity contribution in [2.45, 2.75) is 32.2 Å². The van der Waals surface area contributed by atoms with E-state index >= 15 is 0 Å². The Kier molecular flexibility index (Phi) is 5.07. The predicted molar refractivity (Wildman–Crippen MR) is 59.5 cm³/mol. The Morgan fingerprint density at radius 1 is 1.64 bits per heavy atom. The lowest BCUT2D eigenvalue weighted by Gasteiger charge is -2.02. The maximum absolute atomic E-state index is 5.88. The minimum Gasteiger partial charge on any atom is -0.385 e. The Balaban J connectivity index is 2.42. The van der Waals surface area contributed by atoms with Crippen LogP contribution in [0.3, 0.4) is 0 Å². The maximum Gasteiger partial charge on any atom is 0.0929 e. The molecule has 0 saturated carbocycles. The second-order valence-electron chi connectivity index (χ2n) is 3.28. The van der Waals surface area contributed by atoms with Crippen molar-refractivity contribution in [2.24, 2.45) is 5.73 Å². The molecule has 14 heavy (non-hydrogen) atoms. The first-order valence-electron chi connectivity index (χ1n) is 4.96. The van der Waals surface area contributed by atoms with Crippen LogP contribution in [0.5, 0.6) is 0 Å². The molecule has 1 aromatic heterocycles. The summed E-state index contributed by atoms with van der Waals surface area (Å²) in [6.45, 7) is 2.88. The third kappa shape index (κ3) is 3.36. The molecule has 0 saturated heterocycles. The molecule has 1 heterocycles. The topological polar surface area (TPSA) is 48.1 Å². The van der Waals surface area contributed by atoms with E-state index in [1.54, 1.807) is 18.4 Å². The fourth-order valence-electron chi connectivity index (χ4n) is 1.19. The van der Waals surface area contributed by atoms with Gasteiger partial charge in [-0.1, -0.05) is 6.92 Å². The molecule has 0 aliphatic heterocycles. The molecule has 3 nitrogen and oxygen atoms in total. The maximum atomic E-state index is 5.88. The standard InChI is InChI=1S/C10H18N2OS/c1-3-8(11)9-7-14-10(12-9)5-4-6-13-2/h7-8H,3-6,11H2,1-2H3. The molecule has 0 bridgehead atoms. The molecule has 0 aliphatic carbocycles. The van der Waals surface area contributed by atoms with Gasteiger partial charge in [0.15, 0.2) is 0 Å². The zero-order chi connectivity index (χ0) is 10.4. The Morgan fingerprint density at radius 3 is 3.07 bits per heavy atom. The molecule has 4 heteroatoms. The molecular formula is C10H18N2OS. The molecule has 0 aromatic carbocycles. The molecule has 0 radical (unpaired) electrons. The molecule has 0 amide bonds. The number of aryl methyl sites for hydroxylation is 1. The SMILES string of the molecule is CCC(N)c1csc(CCCOC)n1. The van der Waals surface area contributed by atoms with Gasteiger partial charge in [-0.2, -0.15) is 0 Å². The largest absolute Gasteiger partial charge is 0.385 e. The Bertz CT molecular complexity index is 262. The number of nitrogens with two attached hydrogens (primary N) is 1. The van der Waals surface area contributed by atoms with Crippen LogP contribution in [-0.2, 0) is 11.2 Å². The van der Waals surface area contributed by atoms with Crippen molar-refractivity contribution >= 4 is 11.3 Å². The summed E-state index contributed by atoms with van der Waals surface area (Å²) in [6.07, 6.45) is 2.97. The van der Waals surface area contributed by atoms with Crippen molar-refractivity contribution in [3.63, 3.8) is 0 Å². The molecule has 1 unspecified atom stereocenters. The number of hydrogen-bond acceptors (Lipinski definition) is 4. The van der Waals surface area contributed by atoms with Crippen molar-refractivity contribution in [2.75, 3.05) is 13.7 Å². The second kappa shape index (κ2) is 6.11. The smallest absolute Gasteiger partial charge is 0.0929 e. The first-order valence-corrected chi connectivity index (χ1v) is 5.84. The minimum absolute atomic E-state index is 0.0995. The van der Waals surface area contributed by atoms with Gasteiger partial charge in [-0.3, -0.25) is 0 Å². The fraction of sp³-hybridized carbons (Fsp3) is 0.700. The third-order valence-electron chi connectivity index (χ3n) is 2.13. The van der Waals surface area contributed by atoms with Crippen molar-refractivity contribution in [3.8, 4) is 0 Å². The van der Waals surface area contributed by atoms with E-state index in [2.05, 4.69) is 17.3 Å². The second-order valence-corrected chi connectivity index (χ2v) is 4.22. The predicted octanol–water partition coefficient (Wildman–Crippen LogP) is 2.13.